The summed E-state index contributed by atoms with van der Waals surface area (Å²) in [6, 6.07) is 5.61. The highest BCUT2D eigenvalue weighted by atomic mass is 32.2. The molecular weight excluding hydrogens is 397 g/mol. The summed E-state index contributed by atoms with van der Waals surface area (Å²) in [5, 5.41) is 11.3. The monoisotopic (exact) mass is 414 g/mol. The molecule has 0 aromatic carbocycles. The Morgan fingerprint density at radius 1 is 1.39 bits per heavy atom. The van der Waals surface area contributed by atoms with Crippen LogP contribution in [0.15, 0.2) is 35.5 Å². The number of pyridine rings is 1. The Balaban J connectivity index is 2.26. The van der Waals surface area contributed by atoms with Crippen molar-refractivity contribution >= 4 is 21.4 Å². The number of carbonyl (C=O) groups is 1. The van der Waals surface area contributed by atoms with E-state index in [2.05, 4.69) is 10.3 Å². The molecule has 2 aromatic rings. The van der Waals surface area contributed by atoms with Gasteiger partial charge in [0.15, 0.2) is 9.84 Å². The average Bonchev–Trinajstić information content (AvgIpc) is 3.01. The third kappa shape index (κ3) is 4.89. The van der Waals surface area contributed by atoms with Gasteiger partial charge in [-0.25, -0.2) is 13.4 Å². The molecule has 0 bridgehead atoms. The van der Waals surface area contributed by atoms with Gasteiger partial charge in [0.05, 0.1) is 16.6 Å². The maximum atomic E-state index is 12.9. The van der Waals surface area contributed by atoms with Gasteiger partial charge in [0.1, 0.15) is 17.5 Å². The summed E-state index contributed by atoms with van der Waals surface area (Å²) in [4.78, 5) is 15.8. The van der Waals surface area contributed by atoms with E-state index in [1.54, 1.807) is 0 Å². The zero-order valence-electron chi connectivity index (χ0n) is 15.0. The minimum atomic E-state index is -4.63. The number of nitrogens with zero attached hydrogens (tertiary/aromatic N) is 3. The number of rotatable bonds is 6. The minimum absolute atomic E-state index is 0.0612. The van der Waals surface area contributed by atoms with Gasteiger partial charge in [-0.1, -0.05) is 6.92 Å². The molecule has 1 amide bonds. The Hall–Kier alpha value is -2.87. The summed E-state index contributed by atoms with van der Waals surface area (Å²) >= 11 is 0. The van der Waals surface area contributed by atoms with Crippen LogP contribution in [0.25, 0.3) is 0 Å². The predicted octanol–water partition coefficient (Wildman–Crippen LogP) is 2.91. The van der Waals surface area contributed by atoms with E-state index in [9.17, 15) is 26.4 Å². The van der Waals surface area contributed by atoms with E-state index in [0.717, 1.165) is 12.3 Å². The first-order valence-corrected chi connectivity index (χ1v) is 9.76. The van der Waals surface area contributed by atoms with Gasteiger partial charge in [-0.05, 0) is 24.6 Å². The number of alkyl halides is 3. The van der Waals surface area contributed by atoms with Crippen LogP contribution in [0.1, 0.15) is 29.5 Å². The largest absolute Gasteiger partial charge is 0.392 e. The van der Waals surface area contributed by atoms with Crippen LogP contribution >= 0.6 is 0 Å². The molecular formula is C17H17F3N4O3S. The van der Waals surface area contributed by atoms with Gasteiger partial charge in [-0.15, -0.1) is 0 Å². The van der Waals surface area contributed by atoms with Crippen LogP contribution in [-0.4, -0.2) is 35.8 Å². The molecule has 0 aliphatic carbocycles. The van der Waals surface area contributed by atoms with Gasteiger partial charge in [0.2, 0.25) is 0 Å². The van der Waals surface area contributed by atoms with Crippen LogP contribution in [0.2, 0.25) is 0 Å². The highest BCUT2D eigenvalue weighted by Gasteiger charge is 2.41. The number of anilines is 1. The summed E-state index contributed by atoms with van der Waals surface area (Å²) in [5.74, 6) is -3.76. The lowest BCUT2D eigenvalue weighted by Gasteiger charge is -2.17. The summed E-state index contributed by atoms with van der Waals surface area (Å²) in [7, 11) is -2.84. The fourth-order valence-electron chi connectivity index (χ4n) is 2.50. The Labute approximate surface area is 159 Å². The molecule has 11 heteroatoms. The van der Waals surface area contributed by atoms with Crippen LogP contribution in [0, 0.1) is 17.2 Å². The Morgan fingerprint density at radius 2 is 2.07 bits per heavy atom. The SMILES string of the molecule is CC[C@H](CS(=O)(=O)c1cc(C(=O)Nc2ccnc(C#N)c2)n(C)c1)C(F)(F)F. The zero-order chi connectivity index (χ0) is 21.1. The number of sulfone groups is 1. The molecule has 0 fully saturated rings. The lowest BCUT2D eigenvalue weighted by atomic mass is 10.1. The molecule has 0 unspecified atom stereocenters. The standard InChI is InChI=1S/C17H17F3N4O3S/c1-3-11(17(18,19)20)10-28(26,27)14-7-15(24(2)9-14)16(25)23-12-4-5-22-13(6-12)8-21/h4-7,9,11H,3,10H2,1-2H3,(H,22,23,25)/t11-/m1/s1. The van der Waals surface area contributed by atoms with Crippen molar-refractivity contribution in [1.82, 2.24) is 9.55 Å². The van der Waals surface area contributed by atoms with E-state index in [4.69, 9.17) is 5.26 Å². The summed E-state index contributed by atoms with van der Waals surface area (Å²) in [6.45, 7) is 1.27. The van der Waals surface area contributed by atoms with Gasteiger partial charge in [0, 0.05) is 25.1 Å². The van der Waals surface area contributed by atoms with Crippen molar-refractivity contribution in [3.05, 3.63) is 42.0 Å². The summed E-state index contributed by atoms with van der Waals surface area (Å²) < 4.78 is 64.8. The second-order valence-corrected chi connectivity index (χ2v) is 8.13. The minimum Gasteiger partial charge on any atom is -0.345 e. The van der Waals surface area contributed by atoms with E-state index in [-0.39, 0.29) is 28.4 Å². The van der Waals surface area contributed by atoms with Gasteiger partial charge in [-0.2, -0.15) is 18.4 Å². The highest BCUT2D eigenvalue weighted by molar-refractivity contribution is 7.91. The molecule has 2 aromatic heterocycles. The second kappa shape index (κ2) is 8.02. The molecule has 2 heterocycles. The fraction of sp³-hybridized carbons (Fsp3) is 0.353. The Bertz CT molecular complexity index is 1020. The Morgan fingerprint density at radius 3 is 2.64 bits per heavy atom. The molecule has 7 nitrogen and oxygen atoms in total. The number of halogens is 3. The number of nitriles is 1. The fourth-order valence-corrected chi connectivity index (χ4v) is 4.26. The van der Waals surface area contributed by atoms with Crippen LogP contribution < -0.4 is 5.32 Å². The first-order chi connectivity index (χ1) is 13.0. The zero-order valence-corrected chi connectivity index (χ0v) is 15.8. The van der Waals surface area contributed by atoms with Crippen molar-refractivity contribution in [3.8, 4) is 6.07 Å². The van der Waals surface area contributed by atoms with Gasteiger partial charge in [-0.3, -0.25) is 4.79 Å². The van der Waals surface area contributed by atoms with Gasteiger partial charge < -0.3 is 9.88 Å². The van der Waals surface area contributed by atoms with Crippen LogP contribution in [-0.2, 0) is 16.9 Å². The molecule has 1 atom stereocenters. The number of carbonyl (C=O) groups excluding carboxylic acids is 1. The first kappa shape index (κ1) is 21.4. The number of aryl methyl sites for hydroxylation is 1. The van der Waals surface area contributed by atoms with E-state index in [1.165, 1.54) is 36.9 Å². The van der Waals surface area contributed by atoms with Gasteiger partial charge in [0.25, 0.3) is 5.91 Å². The molecule has 0 radical (unpaired) electrons. The van der Waals surface area contributed by atoms with Crippen molar-refractivity contribution in [3.63, 3.8) is 0 Å². The lowest BCUT2D eigenvalue weighted by Crippen LogP contribution is -2.29. The van der Waals surface area contributed by atoms with E-state index < -0.39 is 33.6 Å². The predicted molar refractivity (Wildman–Crippen MR) is 94.2 cm³/mol. The molecule has 150 valence electrons. The van der Waals surface area contributed by atoms with Crippen LogP contribution in [0.4, 0.5) is 18.9 Å². The first-order valence-electron chi connectivity index (χ1n) is 8.11. The smallest absolute Gasteiger partial charge is 0.345 e. The average molecular weight is 414 g/mol. The maximum Gasteiger partial charge on any atom is 0.392 e. The van der Waals surface area contributed by atoms with E-state index >= 15 is 0 Å². The maximum absolute atomic E-state index is 12.9. The third-order valence-electron chi connectivity index (χ3n) is 4.08. The Kier molecular flexibility index (Phi) is 6.14. The van der Waals surface area contributed by atoms with Gasteiger partial charge >= 0.3 is 6.18 Å². The molecule has 0 saturated heterocycles. The molecule has 2 rings (SSSR count). The van der Waals surface area contributed by atoms with Crippen LogP contribution in [0.5, 0.6) is 0 Å². The number of aromatic nitrogens is 2. The number of hydrogen-bond acceptors (Lipinski definition) is 5. The van der Waals surface area contributed by atoms with Crippen molar-refractivity contribution in [1.29, 1.82) is 5.26 Å². The quantitative estimate of drug-likeness (QED) is 0.783. The molecule has 0 saturated carbocycles. The highest BCUT2D eigenvalue weighted by Crippen LogP contribution is 2.31. The topological polar surface area (TPSA) is 105 Å². The number of amides is 1. The molecule has 0 aliphatic rings. The number of nitrogens with one attached hydrogen (secondary N) is 1. The van der Waals surface area contributed by atoms with Crippen molar-refractivity contribution in [2.24, 2.45) is 13.0 Å². The van der Waals surface area contributed by atoms with Crippen molar-refractivity contribution in [2.45, 2.75) is 24.4 Å². The molecule has 0 aliphatic heterocycles. The van der Waals surface area contributed by atoms with Crippen molar-refractivity contribution in [2.75, 3.05) is 11.1 Å². The number of hydrogen-bond donors (Lipinski definition) is 1. The molecule has 0 spiro atoms. The normalized spacial score (nSPS) is 13.0. The summed E-state index contributed by atoms with van der Waals surface area (Å²) in [6.07, 6.45) is -2.58. The van der Waals surface area contributed by atoms with E-state index in [0.29, 0.717) is 0 Å². The third-order valence-corrected chi connectivity index (χ3v) is 5.86. The lowest BCUT2D eigenvalue weighted by molar-refractivity contribution is -0.168. The summed E-state index contributed by atoms with van der Waals surface area (Å²) in [5.41, 5.74) is 0.282. The molecule has 28 heavy (non-hydrogen) atoms. The molecule has 1 N–H and O–H groups in total. The van der Waals surface area contributed by atoms with Crippen LogP contribution in [0.3, 0.4) is 0 Å². The van der Waals surface area contributed by atoms with Crippen molar-refractivity contribution < 1.29 is 26.4 Å². The van der Waals surface area contributed by atoms with E-state index in [1.807, 2.05) is 6.07 Å². The second-order valence-electron chi connectivity index (χ2n) is 6.10.